The van der Waals surface area contributed by atoms with E-state index >= 15 is 0 Å². The van der Waals surface area contributed by atoms with E-state index in [0.717, 1.165) is 93.1 Å². The van der Waals surface area contributed by atoms with Crippen LogP contribution in [0.15, 0.2) is 71.7 Å². The molecule has 8 rings (SSSR count). The number of ether oxygens (including phenoxy) is 1. The summed E-state index contributed by atoms with van der Waals surface area (Å²) in [7, 11) is 0. The highest BCUT2D eigenvalue weighted by atomic mass is 16.5. The van der Waals surface area contributed by atoms with Crippen molar-refractivity contribution in [1.29, 1.82) is 0 Å². The minimum Gasteiger partial charge on any atom is -0.379 e. The van der Waals surface area contributed by atoms with Gasteiger partial charge in [0, 0.05) is 64.0 Å². The lowest BCUT2D eigenvalue weighted by atomic mass is 9.93. The number of anilines is 1. The molecule has 0 N–H and O–H groups in total. The van der Waals surface area contributed by atoms with Crippen molar-refractivity contribution in [1.82, 2.24) is 28.8 Å². The van der Waals surface area contributed by atoms with Crippen LogP contribution in [0.5, 0.6) is 0 Å². The zero-order valence-corrected chi connectivity index (χ0v) is 28.3. The van der Waals surface area contributed by atoms with E-state index in [2.05, 4.69) is 14.8 Å². The first kappa shape index (κ1) is 32.5. The van der Waals surface area contributed by atoms with E-state index in [1.807, 2.05) is 50.4 Å². The zero-order valence-electron chi connectivity index (χ0n) is 28.3. The lowest BCUT2D eigenvalue weighted by Gasteiger charge is -2.37. The van der Waals surface area contributed by atoms with Crippen LogP contribution in [-0.4, -0.2) is 106 Å². The van der Waals surface area contributed by atoms with Gasteiger partial charge in [0.15, 0.2) is 0 Å². The van der Waals surface area contributed by atoms with Crippen molar-refractivity contribution in [2.24, 2.45) is 5.92 Å². The van der Waals surface area contributed by atoms with Gasteiger partial charge in [-0.15, -0.1) is 0 Å². The Morgan fingerprint density at radius 3 is 2.10 bits per heavy atom. The number of piperidine rings is 2. The third-order valence-corrected chi connectivity index (χ3v) is 10.9. The Balaban J connectivity index is 0.855. The van der Waals surface area contributed by atoms with Gasteiger partial charge in [-0.1, -0.05) is 24.3 Å². The predicted molar refractivity (Wildman–Crippen MR) is 188 cm³/mol. The molecule has 0 radical (unpaired) electrons. The highest BCUT2D eigenvalue weighted by Gasteiger charge is 2.37. The van der Waals surface area contributed by atoms with Gasteiger partial charge >= 0.3 is 5.69 Å². The number of hydrogen-bond acceptors (Lipinski definition) is 8. The number of imidazole rings is 1. The average Bonchev–Trinajstić information content (AvgIpc) is 3.59. The second kappa shape index (κ2) is 13.9. The molecule has 4 aliphatic heterocycles. The summed E-state index contributed by atoms with van der Waals surface area (Å²) < 4.78 is 9.39. The molecule has 0 unspecified atom stereocenters. The van der Waals surface area contributed by atoms with Crippen molar-refractivity contribution >= 4 is 34.6 Å². The molecule has 4 aromatic rings. The Morgan fingerprint density at radius 2 is 1.40 bits per heavy atom. The fourth-order valence-electron chi connectivity index (χ4n) is 8.14. The first-order valence-electron chi connectivity index (χ1n) is 17.9. The summed E-state index contributed by atoms with van der Waals surface area (Å²) in [5, 5.41) is 0. The molecular weight excluding hydrogens is 634 g/mol. The lowest BCUT2D eigenvalue weighted by molar-refractivity contribution is -0.138. The number of fused-ring (bicyclic) bond motifs is 2. The van der Waals surface area contributed by atoms with Crippen LogP contribution < -0.4 is 10.6 Å². The molecule has 12 heteroatoms. The summed E-state index contributed by atoms with van der Waals surface area (Å²) in [5.41, 5.74) is 3.76. The number of nitrogens with zero attached hydrogens (tertiary/aromatic N) is 7. The molecule has 2 aromatic carbocycles. The number of carbonyl (C=O) groups excluding carboxylic acids is 3. The van der Waals surface area contributed by atoms with Gasteiger partial charge in [0.25, 0.3) is 11.8 Å². The molecule has 0 saturated carbocycles. The summed E-state index contributed by atoms with van der Waals surface area (Å²) in [5.74, 6) is -0.157. The number of para-hydroxylation sites is 2. The van der Waals surface area contributed by atoms with Crippen LogP contribution in [0.1, 0.15) is 58.0 Å². The van der Waals surface area contributed by atoms with Crippen molar-refractivity contribution in [2.45, 2.75) is 44.8 Å². The molecule has 2 aromatic heterocycles. The molecule has 3 fully saturated rings. The number of aromatic nitrogens is 3. The molecule has 3 amide bonds. The Hall–Kier alpha value is -4.65. The van der Waals surface area contributed by atoms with E-state index in [9.17, 15) is 19.2 Å². The SMILES string of the molecule is O=C(C1CCN(Cc2ccnc(N3C(=O)c4ccccc4C3=O)c2)CC1)N1CCC(n2c(=O)n(CCN3CCOCC3)c3ccccc32)CC1. The van der Waals surface area contributed by atoms with E-state index in [4.69, 9.17) is 4.74 Å². The average molecular weight is 678 g/mol. The van der Waals surface area contributed by atoms with Gasteiger partial charge in [-0.25, -0.2) is 14.7 Å². The molecule has 12 nitrogen and oxygen atoms in total. The quantitative estimate of drug-likeness (QED) is 0.261. The number of benzene rings is 2. The van der Waals surface area contributed by atoms with Gasteiger partial charge in [0.2, 0.25) is 5.91 Å². The minimum absolute atomic E-state index is 0.0148. The predicted octanol–water partition coefficient (Wildman–Crippen LogP) is 3.41. The number of likely N-dealkylation sites (tertiary alicyclic amines) is 2. The van der Waals surface area contributed by atoms with E-state index < -0.39 is 0 Å². The number of pyridine rings is 1. The first-order chi connectivity index (χ1) is 24.5. The molecule has 0 atom stereocenters. The Morgan fingerprint density at radius 1 is 0.740 bits per heavy atom. The molecule has 0 aliphatic carbocycles. The summed E-state index contributed by atoms with van der Waals surface area (Å²) in [6.45, 7) is 8.28. The zero-order chi connectivity index (χ0) is 34.2. The maximum atomic E-state index is 13.8. The van der Waals surface area contributed by atoms with Crippen molar-refractivity contribution in [3.8, 4) is 0 Å². The standard InChI is InChI=1S/C38H43N7O5/c46-35(28-10-15-41(16-11-28)26-27-9-14-39-34(25-27)45-36(47)30-5-1-2-6-31(30)37(45)48)42-17-12-29(13-18-42)44-33-8-4-3-7-32(33)43(38(44)49)20-19-40-21-23-50-24-22-40/h1-9,14,25,28-29H,10-13,15-24,26H2. The number of rotatable bonds is 8. The Bertz CT molecular complexity index is 1930. The topological polar surface area (TPSA) is 113 Å². The van der Waals surface area contributed by atoms with Gasteiger partial charge in [0.05, 0.1) is 35.4 Å². The number of imide groups is 1. The highest BCUT2D eigenvalue weighted by Crippen LogP contribution is 2.30. The molecule has 50 heavy (non-hydrogen) atoms. The van der Waals surface area contributed by atoms with Crippen molar-refractivity contribution in [3.63, 3.8) is 0 Å². The van der Waals surface area contributed by atoms with Gasteiger partial charge in [-0.05, 0) is 80.7 Å². The van der Waals surface area contributed by atoms with Crippen LogP contribution in [-0.2, 0) is 22.6 Å². The van der Waals surface area contributed by atoms with Crippen molar-refractivity contribution in [3.05, 3.63) is 94.0 Å². The van der Waals surface area contributed by atoms with E-state index in [1.54, 1.807) is 30.5 Å². The maximum absolute atomic E-state index is 13.8. The number of carbonyl (C=O) groups is 3. The first-order valence-corrected chi connectivity index (χ1v) is 17.9. The maximum Gasteiger partial charge on any atom is 0.329 e. The van der Waals surface area contributed by atoms with Crippen LogP contribution in [0.2, 0.25) is 0 Å². The largest absolute Gasteiger partial charge is 0.379 e. The van der Waals surface area contributed by atoms with E-state index in [1.165, 1.54) is 0 Å². The number of amides is 3. The number of morpholine rings is 1. The van der Waals surface area contributed by atoms with Gasteiger partial charge in [-0.2, -0.15) is 0 Å². The third kappa shape index (κ3) is 6.16. The smallest absolute Gasteiger partial charge is 0.329 e. The molecule has 260 valence electrons. The normalized spacial score (nSPS) is 19.8. The molecule has 6 heterocycles. The van der Waals surface area contributed by atoms with Crippen LogP contribution >= 0.6 is 0 Å². The second-order valence-corrected chi connectivity index (χ2v) is 13.9. The Labute approximate surface area is 290 Å². The molecule has 0 bridgehead atoms. The van der Waals surface area contributed by atoms with E-state index in [0.29, 0.717) is 43.1 Å². The third-order valence-electron chi connectivity index (χ3n) is 10.9. The van der Waals surface area contributed by atoms with Crippen LogP contribution in [0, 0.1) is 5.92 Å². The van der Waals surface area contributed by atoms with Gasteiger partial charge in [-0.3, -0.25) is 33.3 Å². The van der Waals surface area contributed by atoms with Crippen molar-refractivity contribution < 1.29 is 19.1 Å². The molecule has 4 aliphatic rings. The monoisotopic (exact) mass is 677 g/mol. The summed E-state index contributed by atoms with van der Waals surface area (Å²) in [6.07, 6.45) is 4.74. The molecular formula is C38H43N7O5. The van der Waals surface area contributed by atoms with Crippen LogP contribution in [0.4, 0.5) is 5.82 Å². The fraction of sp³-hybridized carbons (Fsp3) is 0.447. The second-order valence-electron chi connectivity index (χ2n) is 13.9. The number of hydrogen-bond donors (Lipinski definition) is 0. The minimum atomic E-state index is -0.350. The summed E-state index contributed by atoms with van der Waals surface area (Å²) in [6, 6.07) is 18.7. The lowest BCUT2D eigenvalue weighted by Crippen LogP contribution is -2.46. The molecule has 3 saturated heterocycles. The Kier molecular flexibility index (Phi) is 9.07. The fourth-order valence-corrected chi connectivity index (χ4v) is 8.14. The van der Waals surface area contributed by atoms with E-state index in [-0.39, 0.29) is 35.4 Å². The van der Waals surface area contributed by atoms with Gasteiger partial charge in [0.1, 0.15) is 5.82 Å². The van der Waals surface area contributed by atoms with Gasteiger partial charge < -0.3 is 9.64 Å². The summed E-state index contributed by atoms with van der Waals surface area (Å²) >= 11 is 0. The van der Waals surface area contributed by atoms with Crippen LogP contribution in [0.3, 0.4) is 0 Å². The van der Waals surface area contributed by atoms with Crippen molar-refractivity contribution in [2.75, 3.05) is 63.9 Å². The summed E-state index contributed by atoms with van der Waals surface area (Å²) in [4.78, 5) is 65.6. The molecule has 0 spiro atoms. The highest BCUT2D eigenvalue weighted by molar-refractivity contribution is 6.34. The van der Waals surface area contributed by atoms with Crippen LogP contribution in [0.25, 0.3) is 11.0 Å².